The molecule has 0 amide bonds. The lowest BCUT2D eigenvalue weighted by molar-refractivity contribution is 0.238. The van der Waals surface area contributed by atoms with E-state index in [4.69, 9.17) is 9.52 Å². The number of oxazole rings is 1. The third-order valence-corrected chi connectivity index (χ3v) is 2.30. The third kappa shape index (κ3) is 1.92. The van der Waals surface area contributed by atoms with Crippen LogP contribution in [0.15, 0.2) is 28.7 Å². The van der Waals surface area contributed by atoms with Crippen LogP contribution in [0.1, 0.15) is 17.2 Å². The van der Waals surface area contributed by atoms with Crippen LogP contribution in [0.3, 0.4) is 0 Å². The van der Waals surface area contributed by atoms with Gasteiger partial charge in [-0.15, -0.1) is 0 Å². The van der Waals surface area contributed by atoms with Crippen molar-refractivity contribution in [3.05, 3.63) is 41.5 Å². The van der Waals surface area contributed by atoms with Crippen molar-refractivity contribution in [1.82, 2.24) is 4.98 Å². The molecule has 1 N–H and O–H groups in total. The van der Waals surface area contributed by atoms with Crippen molar-refractivity contribution in [2.45, 2.75) is 20.5 Å². The van der Waals surface area contributed by atoms with Crippen molar-refractivity contribution < 1.29 is 9.52 Å². The number of aryl methyl sites for hydroxylation is 2. The van der Waals surface area contributed by atoms with E-state index in [2.05, 4.69) is 4.98 Å². The maximum atomic E-state index is 8.91. The zero-order chi connectivity index (χ0) is 10.8. The molecule has 0 aliphatic rings. The monoisotopic (exact) mass is 203 g/mol. The summed E-state index contributed by atoms with van der Waals surface area (Å²) >= 11 is 0. The number of aliphatic hydroxyl groups is 1. The Labute approximate surface area is 88.4 Å². The van der Waals surface area contributed by atoms with Crippen LogP contribution in [0.2, 0.25) is 0 Å². The van der Waals surface area contributed by atoms with Crippen molar-refractivity contribution >= 4 is 0 Å². The molecule has 0 radical (unpaired) electrons. The molecule has 2 rings (SSSR count). The van der Waals surface area contributed by atoms with Gasteiger partial charge in [-0.05, 0) is 13.8 Å². The van der Waals surface area contributed by atoms with Gasteiger partial charge in [-0.3, -0.25) is 0 Å². The van der Waals surface area contributed by atoms with Crippen molar-refractivity contribution in [1.29, 1.82) is 0 Å². The highest BCUT2D eigenvalue weighted by molar-refractivity contribution is 5.61. The summed E-state index contributed by atoms with van der Waals surface area (Å²) in [5.74, 6) is 1.10. The summed E-state index contributed by atoms with van der Waals surface area (Å²) in [7, 11) is 0. The first kappa shape index (κ1) is 9.93. The highest BCUT2D eigenvalue weighted by Gasteiger charge is 2.10. The van der Waals surface area contributed by atoms with E-state index in [0.29, 0.717) is 5.89 Å². The number of rotatable bonds is 2. The molecule has 0 saturated carbocycles. The van der Waals surface area contributed by atoms with Crippen LogP contribution >= 0.6 is 0 Å². The molecule has 0 saturated heterocycles. The number of nitrogens with zero attached hydrogens (tertiary/aromatic N) is 1. The molecule has 0 aliphatic carbocycles. The Morgan fingerprint density at radius 2 is 1.87 bits per heavy atom. The lowest BCUT2D eigenvalue weighted by atomic mass is 10.1. The number of aliphatic hydroxyl groups excluding tert-OH is 1. The number of benzene rings is 1. The topological polar surface area (TPSA) is 46.3 Å². The fourth-order valence-electron chi connectivity index (χ4n) is 1.50. The molecule has 78 valence electrons. The molecule has 15 heavy (non-hydrogen) atoms. The molecule has 3 nitrogen and oxygen atoms in total. The molecule has 0 atom stereocenters. The molecule has 0 bridgehead atoms. The first-order chi connectivity index (χ1) is 7.20. The number of hydrogen-bond donors (Lipinski definition) is 1. The summed E-state index contributed by atoms with van der Waals surface area (Å²) in [5.41, 5.74) is 3.03. The Morgan fingerprint density at radius 3 is 2.40 bits per heavy atom. The molecule has 0 fully saturated rings. The minimum absolute atomic E-state index is 0.160. The van der Waals surface area contributed by atoms with Crippen LogP contribution in [0, 0.1) is 13.8 Å². The Bertz CT molecular complexity index is 457. The van der Waals surface area contributed by atoms with E-state index in [9.17, 15) is 0 Å². The van der Waals surface area contributed by atoms with Gasteiger partial charge in [-0.2, -0.15) is 0 Å². The molecule has 0 aliphatic heterocycles. The van der Waals surface area contributed by atoms with Gasteiger partial charge < -0.3 is 9.52 Å². The lowest BCUT2D eigenvalue weighted by Crippen LogP contribution is -1.83. The Kier molecular flexibility index (Phi) is 2.56. The normalized spacial score (nSPS) is 10.6. The summed E-state index contributed by atoms with van der Waals surface area (Å²) in [6.07, 6.45) is 0. The van der Waals surface area contributed by atoms with Crippen LogP contribution < -0.4 is 0 Å². The van der Waals surface area contributed by atoms with Crippen molar-refractivity contribution in [2.24, 2.45) is 0 Å². The fourth-order valence-corrected chi connectivity index (χ4v) is 1.50. The van der Waals surface area contributed by atoms with Gasteiger partial charge in [0, 0.05) is 5.56 Å². The second kappa shape index (κ2) is 3.87. The Hall–Kier alpha value is -1.61. The molecule has 2 aromatic rings. The average Bonchev–Trinajstić information content (AvgIpc) is 2.61. The minimum atomic E-state index is -0.160. The zero-order valence-corrected chi connectivity index (χ0v) is 8.82. The summed E-state index contributed by atoms with van der Waals surface area (Å²) in [5, 5.41) is 8.91. The summed E-state index contributed by atoms with van der Waals surface area (Å²) < 4.78 is 5.29. The molecular formula is C12H13NO2. The molecule has 0 unspecified atom stereocenters. The van der Waals surface area contributed by atoms with Gasteiger partial charge in [0.25, 0.3) is 0 Å². The van der Waals surface area contributed by atoms with Crippen LogP contribution in [0.5, 0.6) is 0 Å². The van der Waals surface area contributed by atoms with Crippen molar-refractivity contribution in [3.8, 4) is 11.3 Å². The van der Waals surface area contributed by atoms with Crippen molar-refractivity contribution in [3.63, 3.8) is 0 Å². The van der Waals surface area contributed by atoms with Crippen LogP contribution in [-0.2, 0) is 6.61 Å². The van der Waals surface area contributed by atoms with E-state index in [1.54, 1.807) is 0 Å². The number of aromatic nitrogens is 1. The van der Waals surface area contributed by atoms with E-state index >= 15 is 0 Å². The highest BCUT2D eigenvalue weighted by Crippen LogP contribution is 2.23. The predicted molar refractivity (Wildman–Crippen MR) is 57.3 cm³/mol. The largest absolute Gasteiger partial charge is 0.443 e. The highest BCUT2D eigenvalue weighted by atomic mass is 16.4. The van der Waals surface area contributed by atoms with Gasteiger partial charge in [0.2, 0.25) is 5.89 Å². The van der Waals surface area contributed by atoms with Crippen LogP contribution in [0.4, 0.5) is 0 Å². The molecule has 1 aromatic heterocycles. The van der Waals surface area contributed by atoms with Crippen LogP contribution in [0.25, 0.3) is 11.3 Å². The molecule has 3 heteroatoms. The van der Waals surface area contributed by atoms with Gasteiger partial charge in [0.1, 0.15) is 18.1 Å². The zero-order valence-electron chi connectivity index (χ0n) is 8.82. The first-order valence-corrected chi connectivity index (χ1v) is 4.85. The standard InChI is InChI=1S/C12H13NO2/c1-8-3-5-10(6-4-8)12-9(2)15-11(7-14)13-12/h3-6,14H,7H2,1-2H3. The second-order valence-corrected chi connectivity index (χ2v) is 3.54. The Morgan fingerprint density at radius 1 is 1.20 bits per heavy atom. The SMILES string of the molecule is Cc1ccc(-c2nc(CO)oc2C)cc1. The van der Waals surface area contributed by atoms with Crippen LogP contribution in [-0.4, -0.2) is 10.1 Å². The summed E-state index contributed by atoms with van der Waals surface area (Å²) in [6.45, 7) is 3.73. The predicted octanol–water partition coefficient (Wildman–Crippen LogP) is 2.45. The lowest BCUT2D eigenvalue weighted by Gasteiger charge is -1.97. The average molecular weight is 203 g/mol. The first-order valence-electron chi connectivity index (χ1n) is 4.85. The van der Waals surface area contributed by atoms with Crippen molar-refractivity contribution in [2.75, 3.05) is 0 Å². The fraction of sp³-hybridized carbons (Fsp3) is 0.250. The molecular weight excluding hydrogens is 190 g/mol. The smallest absolute Gasteiger partial charge is 0.220 e. The molecule has 1 aromatic carbocycles. The number of hydrogen-bond acceptors (Lipinski definition) is 3. The van der Waals surface area contributed by atoms with E-state index in [0.717, 1.165) is 17.0 Å². The minimum Gasteiger partial charge on any atom is -0.443 e. The van der Waals surface area contributed by atoms with E-state index in [-0.39, 0.29) is 6.61 Å². The molecule has 1 heterocycles. The summed E-state index contributed by atoms with van der Waals surface area (Å²) in [6, 6.07) is 8.06. The maximum absolute atomic E-state index is 8.91. The van der Waals surface area contributed by atoms with Gasteiger partial charge in [0.05, 0.1) is 0 Å². The van der Waals surface area contributed by atoms with Gasteiger partial charge in [0.15, 0.2) is 0 Å². The summed E-state index contributed by atoms with van der Waals surface area (Å²) in [4.78, 5) is 4.21. The van der Waals surface area contributed by atoms with E-state index < -0.39 is 0 Å². The molecule has 0 spiro atoms. The Balaban J connectivity index is 2.44. The third-order valence-electron chi connectivity index (χ3n) is 2.30. The van der Waals surface area contributed by atoms with Gasteiger partial charge >= 0.3 is 0 Å². The van der Waals surface area contributed by atoms with E-state index in [1.165, 1.54) is 5.56 Å². The second-order valence-electron chi connectivity index (χ2n) is 3.54. The maximum Gasteiger partial charge on any atom is 0.220 e. The van der Waals surface area contributed by atoms with Gasteiger partial charge in [-0.1, -0.05) is 29.8 Å². The quantitative estimate of drug-likeness (QED) is 0.815. The van der Waals surface area contributed by atoms with Gasteiger partial charge in [-0.25, -0.2) is 4.98 Å². The van der Waals surface area contributed by atoms with E-state index in [1.807, 2.05) is 38.1 Å².